The average Bonchev–Trinajstić information content (AvgIpc) is 3.40. The van der Waals surface area contributed by atoms with Crippen molar-refractivity contribution in [2.45, 2.75) is 72.3 Å². The highest BCUT2D eigenvalue weighted by atomic mass is 32.2. The lowest BCUT2D eigenvalue weighted by atomic mass is 9.91. The van der Waals surface area contributed by atoms with Gasteiger partial charge in [0.25, 0.3) is 0 Å². The fourth-order valence-electron chi connectivity index (χ4n) is 5.37. The van der Waals surface area contributed by atoms with Gasteiger partial charge in [-0.05, 0) is 74.9 Å². The average molecular weight is 583 g/mol. The number of benzene rings is 2. The van der Waals surface area contributed by atoms with Gasteiger partial charge in [-0.1, -0.05) is 62.3 Å². The van der Waals surface area contributed by atoms with E-state index < -0.39 is 5.60 Å². The van der Waals surface area contributed by atoms with E-state index in [4.69, 9.17) is 14.0 Å². The molecule has 0 atom stereocenters. The van der Waals surface area contributed by atoms with Crippen molar-refractivity contribution in [3.8, 4) is 16.9 Å². The number of piperazine rings is 1. The molecule has 0 bridgehead atoms. The molecule has 5 rings (SSSR count). The number of carbonyl (C=O) groups is 1. The van der Waals surface area contributed by atoms with Gasteiger partial charge in [0.15, 0.2) is 11.4 Å². The lowest BCUT2D eigenvalue weighted by Gasteiger charge is -2.36. The Labute approximate surface area is 249 Å². The second-order valence-corrected chi connectivity index (χ2v) is 12.3. The molecule has 0 unspecified atom stereocenters. The number of carbonyl (C=O) groups excluding carboxylic acids is 1. The van der Waals surface area contributed by atoms with Crippen LogP contribution in [0.2, 0.25) is 0 Å². The molecule has 8 nitrogen and oxygen atoms in total. The summed E-state index contributed by atoms with van der Waals surface area (Å²) < 4.78 is 20.5. The summed E-state index contributed by atoms with van der Waals surface area (Å²) in [5, 5.41) is 5.19. The third-order valence-electron chi connectivity index (χ3n) is 7.45. The van der Waals surface area contributed by atoms with Gasteiger partial charge in [-0.3, -0.25) is 0 Å². The number of rotatable bonds is 7. The number of methoxy groups -OCH3 is 1. The van der Waals surface area contributed by atoms with Crippen molar-refractivity contribution in [3.05, 3.63) is 36.4 Å². The first-order valence-corrected chi connectivity index (χ1v) is 16.0. The Morgan fingerprint density at radius 1 is 1.05 bits per heavy atom. The molecule has 224 valence electrons. The fraction of sp³-hybridized carbons (Fsp3) is 0.562. The molecule has 1 saturated heterocycles. The van der Waals surface area contributed by atoms with Crippen LogP contribution < -0.4 is 14.4 Å². The van der Waals surface area contributed by atoms with Gasteiger partial charge >= 0.3 is 6.09 Å². The standard InChI is InChI=1S/C30H40N4O4S.C2H6/c1-30(2,3)37-29(35)34-15-13-33(14-16-34)24-12-8-11-22(17-24)23-18-25(36-4)27-26(19-23)38-31-28(27)32-39-20-21-9-6-5-7-10-21;1-2/h8,11-12,17-19,21H,5-7,9-10,13-16,20H2,1-4H3,(H,31,32);1-2H3. The van der Waals surface area contributed by atoms with Crippen molar-refractivity contribution >= 4 is 40.5 Å². The van der Waals surface area contributed by atoms with Gasteiger partial charge in [0, 0.05) is 37.6 Å². The Hall–Kier alpha value is -3.07. The summed E-state index contributed by atoms with van der Waals surface area (Å²) in [5.41, 5.74) is 3.40. The van der Waals surface area contributed by atoms with Gasteiger partial charge in [0.05, 0.1) is 7.11 Å². The van der Waals surface area contributed by atoms with E-state index in [0.29, 0.717) is 24.5 Å². The smallest absolute Gasteiger partial charge is 0.410 e. The van der Waals surface area contributed by atoms with Crippen LogP contribution in [0.3, 0.4) is 0 Å². The van der Waals surface area contributed by atoms with E-state index in [9.17, 15) is 4.79 Å². The molecule has 2 aliphatic rings. The van der Waals surface area contributed by atoms with Crippen molar-refractivity contribution in [3.63, 3.8) is 0 Å². The maximum Gasteiger partial charge on any atom is 0.410 e. The Bertz CT molecular complexity index is 1270. The van der Waals surface area contributed by atoms with E-state index in [0.717, 1.165) is 52.7 Å². The molecule has 2 fully saturated rings. The molecule has 0 radical (unpaired) electrons. The van der Waals surface area contributed by atoms with E-state index >= 15 is 0 Å². The molecule has 9 heteroatoms. The second kappa shape index (κ2) is 14.2. The van der Waals surface area contributed by atoms with E-state index in [1.165, 1.54) is 32.1 Å². The maximum atomic E-state index is 12.4. The predicted molar refractivity (Wildman–Crippen MR) is 170 cm³/mol. The van der Waals surface area contributed by atoms with Crippen molar-refractivity contribution in [1.29, 1.82) is 0 Å². The van der Waals surface area contributed by atoms with Crippen molar-refractivity contribution < 1.29 is 18.8 Å². The molecule has 41 heavy (non-hydrogen) atoms. The highest BCUT2D eigenvalue weighted by Crippen LogP contribution is 2.39. The largest absolute Gasteiger partial charge is 0.496 e. The SMILES string of the molecule is CC.COc1cc(-c2cccc(N3CCN(C(=O)OC(C)(C)C)CC3)c2)cc2onc(NSCC3CCCCC3)c12. The summed E-state index contributed by atoms with van der Waals surface area (Å²) in [7, 11) is 1.69. The fourth-order valence-corrected chi connectivity index (χ4v) is 6.30. The first-order chi connectivity index (χ1) is 19.8. The van der Waals surface area contributed by atoms with Crippen LogP contribution in [0, 0.1) is 5.92 Å². The number of nitrogens with zero attached hydrogens (tertiary/aromatic N) is 3. The van der Waals surface area contributed by atoms with Gasteiger partial charge < -0.3 is 28.5 Å². The quantitative estimate of drug-likeness (QED) is 0.279. The van der Waals surface area contributed by atoms with Crippen LogP contribution in [-0.2, 0) is 4.74 Å². The predicted octanol–water partition coefficient (Wildman–Crippen LogP) is 8.23. The summed E-state index contributed by atoms with van der Waals surface area (Å²) in [6, 6.07) is 12.5. The second-order valence-electron chi connectivity index (χ2n) is 11.5. The highest BCUT2D eigenvalue weighted by molar-refractivity contribution is 8.00. The first-order valence-electron chi connectivity index (χ1n) is 15.0. The van der Waals surface area contributed by atoms with Crippen LogP contribution in [-0.4, -0.2) is 60.8 Å². The van der Waals surface area contributed by atoms with Gasteiger partial charge in [0.1, 0.15) is 16.7 Å². The number of anilines is 2. The molecule has 1 saturated carbocycles. The third kappa shape index (κ3) is 8.03. The number of amides is 1. The molecule has 1 aromatic heterocycles. The summed E-state index contributed by atoms with van der Waals surface area (Å²) in [6.45, 7) is 12.4. The molecule has 2 heterocycles. The van der Waals surface area contributed by atoms with Crippen molar-refractivity contribution in [2.75, 3.05) is 48.7 Å². The maximum absolute atomic E-state index is 12.4. The van der Waals surface area contributed by atoms with Crippen molar-refractivity contribution in [2.24, 2.45) is 5.92 Å². The minimum absolute atomic E-state index is 0.246. The van der Waals surface area contributed by atoms with Gasteiger partial charge in [-0.15, -0.1) is 0 Å². The van der Waals surface area contributed by atoms with Crippen LogP contribution in [0.4, 0.5) is 16.3 Å². The van der Waals surface area contributed by atoms with Crippen LogP contribution in [0.1, 0.15) is 66.7 Å². The highest BCUT2D eigenvalue weighted by Gasteiger charge is 2.26. The number of aromatic nitrogens is 1. The minimum Gasteiger partial charge on any atom is -0.496 e. The minimum atomic E-state index is -0.487. The molecular weight excluding hydrogens is 536 g/mol. The zero-order valence-corrected chi connectivity index (χ0v) is 26.3. The summed E-state index contributed by atoms with van der Waals surface area (Å²) in [6.07, 6.45) is 6.45. The number of hydrogen-bond donors (Lipinski definition) is 1. The Morgan fingerprint density at radius 3 is 2.46 bits per heavy atom. The van der Waals surface area contributed by atoms with E-state index in [2.05, 4.69) is 45.1 Å². The normalized spacial score (nSPS) is 16.2. The Morgan fingerprint density at radius 2 is 1.78 bits per heavy atom. The molecular formula is C32H46N4O4S. The number of hydrogen-bond acceptors (Lipinski definition) is 8. The molecule has 1 N–H and O–H groups in total. The monoisotopic (exact) mass is 582 g/mol. The molecule has 1 aliphatic carbocycles. The van der Waals surface area contributed by atoms with Gasteiger partial charge in [-0.25, -0.2) is 4.79 Å². The summed E-state index contributed by atoms with van der Waals surface area (Å²) in [4.78, 5) is 16.5. The van der Waals surface area contributed by atoms with Crippen LogP contribution in [0.15, 0.2) is 40.9 Å². The number of ether oxygens (including phenoxy) is 2. The molecule has 3 aromatic rings. The van der Waals surface area contributed by atoms with E-state index in [-0.39, 0.29) is 6.09 Å². The number of nitrogens with one attached hydrogen (secondary N) is 1. The zero-order chi connectivity index (χ0) is 29.4. The van der Waals surface area contributed by atoms with Crippen molar-refractivity contribution in [1.82, 2.24) is 10.1 Å². The Balaban J connectivity index is 0.00000189. The Kier molecular flexibility index (Phi) is 10.7. The lowest BCUT2D eigenvalue weighted by molar-refractivity contribution is 0.0240. The van der Waals surface area contributed by atoms with Crippen LogP contribution >= 0.6 is 11.9 Å². The summed E-state index contributed by atoms with van der Waals surface area (Å²) >= 11 is 1.71. The molecule has 2 aromatic carbocycles. The molecule has 1 amide bonds. The van der Waals surface area contributed by atoms with Gasteiger partial charge in [-0.2, -0.15) is 0 Å². The third-order valence-corrected chi connectivity index (χ3v) is 8.42. The summed E-state index contributed by atoms with van der Waals surface area (Å²) in [5.74, 6) is 3.30. The number of fused-ring (bicyclic) bond motifs is 1. The van der Waals surface area contributed by atoms with E-state index in [1.807, 2.05) is 40.7 Å². The topological polar surface area (TPSA) is 80.1 Å². The first kappa shape index (κ1) is 30.9. The van der Waals surface area contributed by atoms with Crippen LogP contribution in [0.25, 0.3) is 22.1 Å². The van der Waals surface area contributed by atoms with E-state index in [1.54, 1.807) is 24.0 Å². The molecule has 0 spiro atoms. The molecule has 1 aliphatic heterocycles. The van der Waals surface area contributed by atoms with Crippen LogP contribution in [0.5, 0.6) is 5.75 Å². The lowest BCUT2D eigenvalue weighted by Crippen LogP contribution is -2.50. The zero-order valence-electron chi connectivity index (χ0n) is 25.5. The van der Waals surface area contributed by atoms with Gasteiger partial charge in [0.2, 0.25) is 0 Å².